The van der Waals surface area contributed by atoms with Crippen LogP contribution in [0.1, 0.15) is 50.2 Å². The van der Waals surface area contributed by atoms with Crippen LogP contribution in [0.5, 0.6) is 5.75 Å². The highest BCUT2D eigenvalue weighted by Gasteiger charge is 2.40. The van der Waals surface area contributed by atoms with Gasteiger partial charge in [0.2, 0.25) is 17.7 Å². The summed E-state index contributed by atoms with van der Waals surface area (Å²) in [4.78, 5) is 53.8. The molecule has 44 heavy (non-hydrogen) atoms. The quantitative estimate of drug-likeness (QED) is 0.380. The Balaban J connectivity index is 1.05. The first-order valence-corrected chi connectivity index (χ1v) is 14.4. The number of nitrogens with two attached hydrogens (primary N) is 1. The van der Waals surface area contributed by atoms with Gasteiger partial charge in [-0.05, 0) is 48.4 Å². The Kier molecular flexibility index (Phi) is 8.00. The zero-order valence-electron chi connectivity index (χ0n) is 23.9. The van der Waals surface area contributed by atoms with Crippen molar-refractivity contribution in [1.82, 2.24) is 15.1 Å². The number of ether oxygens (including phenoxy) is 1. The number of carbonyl (C=O) groups excluding carboxylic acids is 4. The molecule has 0 unspecified atom stereocenters. The van der Waals surface area contributed by atoms with Crippen LogP contribution in [0.2, 0.25) is 0 Å². The summed E-state index contributed by atoms with van der Waals surface area (Å²) >= 11 is 0. The van der Waals surface area contributed by atoms with E-state index < -0.39 is 29.5 Å². The maximum Gasteiger partial charge on any atom is 0.255 e. The van der Waals surface area contributed by atoms with Gasteiger partial charge in [0.05, 0.1) is 12.2 Å². The Hall–Kier alpha value is -4.84. The van der Waals surface area contributed by atoms with Crippen molar-refractivity contribution >= 4 is 29.3 Å². The lowest BCUT2D eigenvalue weighted by molar-refractivity contribution is -0.136. The molecule has 0 bridgehead atoms. The fraction of sp³-hybridized carbons (Fsp3) is 0.312. The van der Waals surface area contributed by atoms with Crippen LogP contribution in [0.4, 0.5) is 14.5 Å². The van der Waals surface area contributed by atoms with Gasteiger partial charge in [-0.15, -0.1) is 0 Å². The minimum Gasteiger partial charge on any atom is -0.488 e. The van der Waals surface area contributed by atoms with Crippen LogP contribution < -0.4 is 20.7 Å². The Morgan fingerprint density at radius 3 is 2.48 bits per heavy atom. The number of fused-ring (bicyclic) bond motifs is 1. The second-order valence-electron chi connectivity index (χ2n) is 11.2. The van der Waals surface area contributed by atoms with Crippen molar-refractivity contribution in [2.75, 3.05) is 31.1 Å². The van der Waals surface area contributed by atoms with Crippen molar-refractivity contribution in [2.24, 2.45) is 5.73 Å². The van der Waals surface area contributed by atoms with Crippen LogP contribution in [-0.4, -0.2) is 65.6 Å². The molecule has 0 spiro atoms. The van der Waals surface area contributed by atoms with E-state index in [1.54, 1.807) is 30.3 Å². The number of piperazine rings is 1. The highest BCUT2D eigenvalue weighted by atomic mass is 19.1. The van der Waals surface area contributed by atoms with Crippen LogP contribution in [0, 0.1) is 11.6 Å². The smallest absolute Gasteiger partial charge is 0.255 e. The molecule has 2 saturated heterocycles. The third-order valence-corrected chi connectivity index (χ3v) is 8.39. The first-order chi connectivity index (χ1) is 21.2. The first-order valence-electron chi connectivity index (χ1n) is 14.4. The van der Waals surface area contributed by atoms with Crippen molar-refractivity contribution in [3.05, 3.63) is 94.0 Å². The van der Waals surface area contributed by atoms with Gasteiger partial charge in [0, 0.05) is 61.4 Å². The molecule has 3 aromatic rings. The average Bonchev–Trinajstić information content (AvgIpc) is 3.33. The number of amides is 4. The molecule has 10 nitrogen and oxygen atoms in total. The standard InChI is InChI=1S/C32H31F2N5O5/c33-24-14-19(16-37-10-12-38(13-11-37)26-7-6-20(30(35)41)15-25(26)34)4-5-21(24)18-44-28-3-1-2-22-23(28)17-39(32(22)43)27-8-9-29(40)36-31(27)42/h1-7,14-15,27H,8-13,16-18H2,(H2,35,41)(H,36,40,42)/t27-/m0/s1. The fourth-order valence-corrected chi connectivity index (χ4v) is 5.98. The molecule has 228 valence electrons. The lowest BCUT2D eigenvalue weighted by atomic mass is 10.0. The SMILES string of the molecule is NC(=O)c1ccc(N2CCN(Cc3ccc(COc4cccc5c4CN([C@H]4CCC(=O)NC4=O)C5=O)c(F)c3)CC2)c(F)c1. The van der Waals surface area contributed by atoms with Gasteiger partial charge in [0.15, 0.2) is 0 Å². The van der Waals surface area contributed by atoms with Gasteiger partial charge in [-0.2, -0.15) is 0 Å². The predicted octanol–water partition coefficient (Wildman–Crippen LogP) is 2.73. The van der Waals surface area contributed by atoms with Crippen molar-refractivity contribution in [2.45, 2.75) is 38.6 Å². The number of piperidine rings is 1. The molecule has 3 N–H and O–H groups in total. The van der Waals surface area contributed by atoms with Crippen LogP contribution >= 0.6 is 0 Å². The maximum absolute atomic E-state index is 15.1. The summed E-state index contributed by atoms with van der Waals surface area (Å²) in [5.41, 5.74) is 7.98. The lowest BCUT2D eigenvalue weighted by Crippen LogP contribution is -2.52. The van der Waals surface area contributed by atoms with Gasteiger partial charge >= 0.3 is 0 Å². The number of primary amides is 1. The van der Waals surface area contributed by atoms with E-state index in [1.165, 1.54) is 17.0 Å². The monoisotopic (exact) mass is 603 g/mol. The zero-order valence-corrected chi connectivity index (χ0v) is 23.9. The second-order valence-corrected chi connectivity index (χ2v) is 11.2. The van der Waals surface area contributed by atoms with E-state index in [-0.39, 0.29) is 43.4 Å². The molecule has 3 aromatic carbocycles. The van der Waals surface area contributed by atoms with E-state index in [1.807, 2.05) is 11.0 Å². The van der Waals surface area contributed by atoms with Gasteiger partial charge in [-0.1, -0.05) is 18.2 Å². The normalized spacial score (nSPS) is 18.8. The molecule has 12 heteroatoms. The van der Waals surface area contributed by atoms with E-state index in [2.05, 4.69) is 10.2 Å². The third-order valence-electron chi connectivity index (χ3n) is 8.39. The molecule has 0 radical (unpaired) electrons. The second kappa shape index (κ2) is 12.0. The number of carbonyl (C=O) groups is 4. The molecular formula is C32H31F2N5O5. The Labute approximate surface area is 252 Å². The molecule has 0 aliphatic carbocycles. The summed E-state index contributed by atoms with van der Waals surface area (Å²) < 4.78 is 35.6. The van der Waals surface area contributed by atoms with Gasteiger partial charge in [0.1, 0.15) is 30.0 Å². The summed E-state index contributed by atoms with van der Waals surface area (Å²) in [6.45, 7) is 3.09. The topological polar surface area (TPSA) is 125 Å². The number of anilines is 1. The summed E-state index contributed by atoms with van der Waals surface area (Å²) in [6, 6.07) is 13.6. The minimum atomic E-state index is -0.732. The number of nitrogens with zero attached hydrogens (tertiary/aromatic N) is 3. The Bertz CT molecular complexity index is 1660. The number of rotatable bonds is 8. The third kappa shape index (κ3) is 5.85. The summed E-state index contributed by atoms with van der Waals surface area (Å²) in [5.74, 6) is -2.28. The van der Waals surface area contributed by atoms with Gasteiger partial charge < -0.3 is 20.3 Å². The summed E-state index contributed by atoms with van der Waals surface area (Å²) in [6.07, 6.45) is 0.429. The van der Waals surface area contributed by atoms with E-state index in [9.17, 15) is 23.6 Å². The zero-order chi connectivity index (χ0) is 31.0. The van der Waals surface area contributed by atoms with Crippen LogP contribution in [0.15, 0.2) is 54.6 Å². The number of benzene rings is 3. The molecular weight excluding hydrogens is 572 g/mol. The lowest BCUT2D eigenvalue weighted by Gasteiger charge is -2.36. The van der Waals surface area contributed by atoms with Crippen LogP contribution in [0.3, 0.4) is 0 Å². The van der Waals surface area contributed by atoms with Gasteiger partial charge in [-0.25, -0.2) is 8.78 Å². The number of hydrogen-bond donors (Lipinski definition) is 2. The largest absolute Gasteiger partial charge is 0.488 e. The molecule has 0 saturated carbocycles. The summed E-state index contributed by atoms with van der Waals surface area (Å²) in [5, 5.41) is 2.29. The number of nitrogens with one attached hydrogen (secondary N) is 1. The minimum absolute atomic E-state index is 0.0477. The molecule has 1 atom stereocenters. The highest BCUT2D eigenvalue weighted by Crippen LogP contribution is 2.34. The predicted molar refractivity (Wildman–Crippen MR) is 156 cm³/mol. The highest BCUT2D eigenvalue weighted by molar-refractivity contribution is 6.05. The molecule has 6 rings (SSSR count). The average molecular weight is 604 g/mol. The van der Waals surface area contributed by atoms with Crippen molar-refractivity contribution in [3.63, 3.8) is 0 Å². The molecule has 2 fully saturated rings. The molecule has 3 aliphatic heterocycles. The molecule has 4 amide bonds. The molecule has 3 aliphatic rings. The Morgan fingerprint density at radius 2 is 1.77 bits per heavy atom. The number of halogens is 2. The number of hydrogen-bond acceptors (Lipinski definition) is 7. The molecule has 0 aromatic heterocycles. The molecule has 3 heterocycles. The van der Waals surface area contributed by atoms with Crippen molar-refractivity contribution < 1.29 is 32.7 Å². The van der Waals surface area contributed by atoms with E-state index in [0.29, 0.717) is 60.9 Å². The fourth-order valence-electron chi connectivity index (χ4n) is 5.98. The summed E-state index contributed by atoms with van der Waals surface area (Å²) in [7, 11) is 0. The van der Waals surface area contributed by atoms with E-state index in [0.717, 1.165) is 11.6 Å². The van der Waals surface area contributed by atoms with E-state index in [4.69, 9.17) is 10.5 Å². The van der Waals surface area contributed by atoms with E-state index >= 15 is 4.39 Å². The van der Waals surface area contributed by atoms with Crippen molar-refractivity contribution in [1.29, 1.82) is 0 Å². The first kappa shape index (κ1) is 29.2. The van der Waals surface area contributed by atoms with Crippen LogP contribution in [-0.2, 0) is 29.3 Å². The van der Waals surface area contributed by atoms with Crippen LogP contribution in [0.25, 0.3) is 0 Å². The maximum atomic E-state index is 15.1. The Morgan fingerprint density at radius 1 is 0.977 bits per heavy atom. The van der Waals surface area contributed by atoms with Crippen molar-refractivity contribution in [3.8, 4) is 5.75 Å². The van der Waals surface area contributed by atoms with Gasteiger partial charge in [-0.3, -0.25) is 29.4 Å². The number of imide groups is 1. The van der Waals surface area contributed by atoms with Gasteiger partial charge in [0.25, 0.3) is 5.91 Å².